The molecule has 0 bridgehead atoms. The molecule has 1 N–H and O–H groups in total. The van der Waals surface area contributed by atoms with Crippen LogP contribution in [0.25, 0.3) is 0 Å². The number of hydrogen-bond donors (Lipinski definition) is 1. The van der Waals surface area contributed by atoms with E-state index in [1.165, 1.54) is 44.2 Å². The first-order chi connectivity index (χ1) is 9.74. The van der Waals surface area contributed by atoms with Gasteiger partial charge in [0.15, 0.2) is 0 Å². The predicted octanol–water partition coefficient (Wildman–Crippen LogP) is 3.68. The predicted molar refractivity (Wildman–Crippen MR) is 86.8 cm³/mol. The topological polar surface area (TPSA) is 15.3 Å². The van der Waals surface area contributed by atoms with Crippen molar-refractivity contribution in [1.29, 1.82) is 0 Å². The summed E-state index contributed by atoms with van der Waals surface area (Å²) < 4.78 is 0. The highest BCUT2D eigenvalue weighted by Crippen LogP contribution is 2.23. The average Bonchev–Trinajstić information content (AvgIpc) is 2.46. The van der Waals surface area contributed by atoms with Crippen LogP contribution in [-0.4, -0.2) is 31.1 Å². The molecule has 0 atom stereocenters. The lowest BCUT2D eigenvalue weighted by atomic mass is 9.87. The average molecular weight is 274 g/mol. The Bertz CT molecular complexity index is 355. The summed E-state index contributed by atoms with van der Waals surface area (Å²) in [5, 5.41) is 3.73. The van der Waals surface area contributed by atoms with E-state index >= 15 is 0 Å². The molecule has 1 aliphatic carbocycles. The van der Waals surface area contributed by atoms with Crippen molar-refractivity contribution >= 4 is 0 Å². The van der Waals surface area contributed by atoms with Crippen LogP contribution in [-0.2, 0) is 6.54 Å². The first-order valence-electron chi connectivity index (χ1n) is 8.20. The molecule has 2 heteroatoms. The van der Waals surface area contributed by atoms with Gasteiger partial charge in [0.1, 0.15) is 0 Å². The number of nitrogens with one attached hydrogen (secondary N) is 1. The molecule has 112 valence electrons. The largest absolute Gasteiger partial charge is 0.314 e. The lowest BCUT2D eigenvalue weighted by Crippen LogP contribution is -2.34. The number of benzene rings is 1. The first-order valence-corrected chi connectivity index (χ1v) is 8.20. The maximum atomic E-state index is 3.73. The van der Waals surface area contributed by atoms with E-state index in [1.807, 2.05) is 0 Å². The van der Waals surface area contributed by atoms with Gasteiger partial charge in [-0.2, -0.15) is 0 Å². The summed E-state index contributed by atoms with van der Waals surface area (Å²) in [4.78, 5) is 2.42. The molecule has 0 unspecified atom stereocenters. The number of rotatable bonds is 7. The monoisotopic (exact) mass is 274 g/mol. The molecular weight excluding hydrogens is 244 g/mol. The SMILES string of the molecule is CC1CCC(NCCCN(C)Cc2ccccc2)CC1. The Hall–Kier alpha value is -0.860. The third-order valence-corrected chi connectivity index (χ3v) is 4.46. The maximum absolute atomic E-state index is 3.73. The Morgan fingerprint density at radius 1 is 1.10 bits per heavy atom. The van der Waals surface area contributed by atoms with E-state index in [-0.39, 0.29) is 0 Å². The van der Waals surface area contributed by atoms with Crippen LogP contribution in [0.1, 0.15) is 44.6 Å². The normalized spacial score (nSPS) is 23.1. The fraction of sp³-hybridized carbons (Fsp3) is 0.667. The van der Waals surface area contributed by atoms with Crippen molar-refractivity contribution in [2.45, 2.75) is 51.6 Å². The van der Waals surface area contributed by atoms with Gasteiger partial charge in [-0.25, -0.2) is 0 Å². The van der Waals surface area contributed by atoms with Gasteiger partial charge in [0.25, 0.3) is 0 Å². The molecule has 2 rings (SSSR count). The third-order valence-electron chi connectivity index (χ3n) is 4.46. The lowest BCUT2D eigenvalue weighted by molar-refractivity contribution is 0.289. The molecule has 1 aromatic carbocycles. The Balaban J connectivity index is 1.54. The van der Waals surface area contributed by atoms with E-state index in [4.69, 9.17) is 0 Å². The van der Waals surface area contributed by atoms with Crippen LogP contribution >= 0.6 is 0 Å². The Morgan fingerprint density at radius 3 is 2.50 bits per heavy atom. The third kappa shape index (κ3) is 5.64. The van der Waals surface area contributed by atoms with Gasteiger partial charge in [0.2, 0.25) is 0 Å². The summed E-state index contributed by atoms with van der Waals surface area (Å²) in [6.07, 6.45) is 6.81. The molecule has 1 saturated carbocycles. The second-order valence-electron chi connectivity index (χ2n) is 6.49. The summed E-state index contributed by atoms with van der Waals surface area (Å²) >= 11 is 0. The smallest absolute Gasteiger partial charge is 0.0230 e. The van der Waals surface area contributed by atoms with Gasteiger partial charge in [0, 0.05) is 12.6 Å². The molecule has 0 radical (unpaired) electrons. The second kappa shape index (κ2) is 8.43. The second-order valence-corrected chi connectivity index (χ2v) is 6.49. The Morgan fingerprint density at radius 2 is 1.80 bits per heavy atom. The van der Waals surface area contributed by atoms with Crippen molar-refractivity contribution in [2.75, 3.05) is 20.1 Å². The Kier molecular flexibility index (Phi) is 6.55. The minimum Gasteiger partial charge on any atom is -0.314 e. The van der Waals surface area contributed by atoms with Crippen LogP contribution in [0.4, 0.5) is 0 Å². The van der Waals surface area contributed by atoms with E-state index in [0.29, 0.717) is 0 Å². The number of nitrogens with zero attached hydrogens (tertiary/aromatic N) is 1. The summed E-state index contributed by atoms with van der Waals surface area (Å²) in [6.45, 7) is 5.78. The van der Waals surface area contributed by atoms with Crippen LogP contribution in [0.3, 0.4) is 0 Å². The molecule has 0 heterocycles. The van der Waals surface area contributed by atoms with Gasteiger partial charge < -0.3 is 10.2 Å². The molecule has 0 aromatic heterocycles. The molecule has 1 aliphatic rings. The maximum Gasteiger partial charge on any atom is 0.0230 e. The zero-order chi connectivity index (χ0) is 14.2. The van der Waals surface area contributed by atoms with Crippen LogP contribution in [0, 0.1) is 5.92 Å². The van der Waals surface area contributed by atoms with Crippen molar-refractivity contribution in [2.24, 2.45) is 5.92 Å². The van der Waals surface area contributed by atoms with Crippen molar-refractivity contribution in [3.05, 3.63) is 35.9 Å². The fourth-order valence-electron chi connectivity index (χ4n) is 3.09. The summed E-state index contributed by atoms with van der Waals surface area (Å²) in [6, 6.07) is 11.5. The minimum absolute atomic E-state index is 0.783. The van der Waals surface area contributed by atoms with Gasteiger partial charge in [0.05, 0.1) is 0 Å². The van der Waals surface area contributed by atoms with E-state index < -0.39 is 0 Å². The van der Waals surface area contributed by atoms with Gasteiger partial charge in [-0.05, 0) is 63.7 Å². The first kappa shape index (κ1) is 15.5. The standard InChI is InChI=1S/C18H30N2/c1-16-9-11-18(12-10-16)19-13-6-14-20(2)15-17-7-4-3-5-8-17/h3-5,7-8,16,18-19H,6,9-15H2,1-2H3. The molecule has 0 amide bonds. The quantitative estimate of drug-likeness (QED) is 0.763. The van der Waals surface area contributed by atoms with Crippen LogP contribution in [0.2, 0.25) is 0 Å². The molecule has 1 aromatic rings. The van der Waals surface area contributed by atoms with Crippen molar-refractivity contribution < 1.29 is 0 Å². The summed E-state index contributed by atoms with van der Waals surface area (Å²) in [5.74, 6) is 0.949. The van der Waals surface area contributed by atoms with E-state index in [9.17, 15) is 0 Å². The van der Waals surface area contributed by atoms with Gasteiger partial charge in [-0.1, -0.05) is 37.3 Å². The minimum atomic E-state index is 0.783. The van der Waals surface area contributed by atoms with Crippen LogP contribution < -0.4 is 5.32 Å². The summed E-state index contributed by atoms with van der Waals surface area (Å²) in [5.41, 5.74) is 1.41. The fourth-order valence-corrected chi connectivity index (χ4v) is 3.09. The molecule has 0 saturated heterocycles. The highest BCUT2D eigenvalue weighted by molar-refractivity contribution is 5.14. The zero-order valence-electron chi connectivity index (χ0n) is 13.1. The molecular formula is C18H30N2. The van der Waals surface area contributed by atoms with E-state index in [0.717, 1.165) is 25.0 Å². The molecule has 20 heavy (non-hydrogen) atoms. The van der Waals surface area contributed by atoms with Crippen molar-refractivity contribution in [3.8, 4) is 0 Å². The van der Waals surface area contributed by atoms with Gasteiger partial charge >= 0.3 is 0 Å². The molecule has 2 nitrogen and oxygen atoms in total. The molecule has 1 fully saturated rings. The van der Waals surface area contributed by atoms with Gasteiger partial charge in [-0.15, -0.1) is 0 Å². The molecule has 0 aliphatic heterocycles. The Labute approximate surface area is 124 Å². The lowest BCUT2D eigenvalue weighted by Gasteiger charge is -2.27. The highest BCUT2D eigenvalue weighted by Gasteiger charge is 2.17. The van der Waals surface area contributed by atoms with Crippen molar-refractivity contribution in [1.82, 2.24) is 10.2 Å². The summed E-state index contributed by atoms with van der Waals surface area (Å²) in [7, 11) is 2.22. The van der Waals surface area contributed by atoms with Crippen LogP contribution in [0.5, 0.6) is 0 Å². The van der Waals surface area contributed by atoms with Crippen LogP contribution in [0.15, 0.2) is 30.3 Å². The highest BCUT2D eigenvalue weighted by atomic mass is 15.1. The zero-order valence-corrected chi connectivity index (χ0v) is 13.1. The van der Waals surface area contributed by atoms with E-state index in [2.05, 4.69) is 54.5 Å². The molecule has 0 spiro atoms. The number of hydrogen-bond acceptors (Lipinski definition) is 2. The van der Waals surface area contributed by atoms with E-state index in [1.54, 1.807) is 0 Å². The van der Waals surface area contributed by atoms with Gasteiger partial charge in [-0.3, -0.25) is 0 Å². The van der Waals surface area contributed by atoms with Crippen molar-refractivity contribution in [3.63, 3.8) is 0 Å².